The molecular formula is C21H18ClN3O. The molecule has 5 heteroatoms. The van der Waals surface area contributed by atoms with Crippen molar-refractivity contribution in [1.29, 1.82) is 5.26 Å². The van der Waals surface area contributed by atoms with Gasteiger partial charge in [0.15, 0.2) is 0 Å². The highest BCUT2D eigenvalue weighted by molar-refractivity contribution is 6.31. The standard InChI is InChI=1S/C21H18ClN3O/c1-14-4-2-3-5-17(14)20-13-25(8-9-26-20)21-15(11-23)12-24-19-7-6-16(22)10-18(19)21/h2-7,10,12,20H,8-9,13H2,1H3. The summed E-state index contributed by atoms with van der Waals surface area (Å²) in [7, 11) is 0. The minimum absolute atomic E-state index is 0.0288. The molecule has 1 fully saturated rings. The second-order valence-corrected chi connectivity index (χ2v) is 6.89. The molecule has 0 N–H and O–H groups in total. The number of halogens is 1. The highest BCUT2D eigenvalue weighted by atomic mass is 35.5. The number of aromatic nitrogens is 1. The number of rotatable bonds is 2. The average Bonchev–Trinajstić information content (AvgIpc) is 2.67. The fourth-order valence-corrected chi connectivity index (χ4v) is 3.73. The maximum Gasteiger partial charge on any atom is 0.103 e. The highest BCUT2D eigenvalue weighted by Crippen LogP contribution is 2.35. The third kappa shape index (κ3) is 3.01. The molecule has 0 amide bonds. The van der Waals surface area contributed by atoms with Crippen molar-refractivity contribution in [3.8, 4) is 6.07 Å². The van der Waals surface area contributed by atoms with Crippen LogP contribution in [-0.2, 0) is 4.74 Å². The zero-order valence-electron chi connectivity index (χ0n) is 14.4. The van der Waals surface area contributed by atoms with E-state index in [-0.39, 0.29) is 6.10 Å². The molecule has 130 valence electrons. The largest absolute Gasteiger partial charge is 0.370 e. The van der Waals surface area contributed by atoms with Crippen LogP contribution in [0.15, 0.2) is 48.7 Å². The molecule has 2 heterocycles. The Balaban J connectivity index is 1.79. The summed E-state index contributed by atoms with van der Waals surface area (Å²) in [6.07, 6.45) is 1.61. The summed E-state index contributed by atoms with van der Waals surface area (Å²) in [6, 6.07) is 16.2. The van der Waals surface area contributed by atoms with Crippen LogP contribution >= 0.6 is 11.6 Å². The number of morpholine rings is 1. The van der Waals surface area contributed by atoms with E-state index in [2.05, 4.69) is 35.0 Å². The van der Waals surface area contributed by atoms with Gasteiger partial charge in [-0.2, -0.15) is 5.26 Å². The van der Waals surface area contributed by atoms with Gasteiger partial charge in [-0.25, -0.2) is 0 Å². The van der Waals surface area contributed by atoms with Crippen LogP contribution in [0.25, 0.3) is 10.9 Å². The quantitative estimate of drug-likeness (QED) is 0.665. The van der Waals surface area contributed by atoms with E-state index in [1.165, 1.54) is 11.1 Å². The normalized spacial score (nSPS) is 17.3. The summed E-state index contributed by atoms with van der Waals surface area (Å²) in [5, 5.41) is 11.2. The van der Waals surface area contributed by atoms with E-state index in [0.717, 1.165) is 23.1 Å². The number of hydrogen-bond acceptors (Lipinski definition) is 4. The number of anilines is 1. The minimum atomic E-state index is -0.0288. The first kappa shape index (κ1) is 16.8. The van der Waals surface area contributed by atoms with E-state index in [1.54, 1.807) is 6.20 Å². The van der Waals surface area contributed by atoms with Crippen LogP contribution in [0.1, 0.15) is 22.8 Å². The van der Waals surface area contributed by atoms with Crippen molar-refractivity contribution in [2.24, 2.45) is 0 Å². The molecule has 0 bridgehead atoms. The Morgan fingerprint density at radius 1 is 1.27 bits per heavy atom. The summed E-state index contributed by atoms with van der Waals surface area (Å²) in [4.78, 5) is 6.62. The fraction of sp³-hybridized carbons (Fsp3) is 0.238. The Morgan fingerprint density at radius 3 is 2.92 bits per heavy atom. The number of aryl methyl sites for hydroxylation is 1. The van der Waals surface area contributed by atoms with Crippen LogP contribution in [0.4, 0.5) is 5.69 Å². The molecule has 4 nitrogen and oxygen atoms in total. The van der Waals surface area contributed by atoms with Gasteiger partial charge in [-0.1, -0.05) is 35.9 Å². The number of pyridine rings is 1. The van der Waals surface area contributed by atoms with Crippen molar-refractivity contribution in [3.05, 3.63) is 70.4 Å². The van der Waals surface area contributed by atoms with Crippen LogP contribution in [0.5, 0.6) is 0 Å². The lowest BCUT2D eigenvalue weighted by Crippen LogP contribution is -2.39. The van der Waals surface area contributed by atoms with Gasteiger partial charge in [0.25, 0.3) is 0 Å². The molecule has 0 aliphatic carbocycles. The van der Waals surface area contributed by atoms with Gasteiger partial charge in [0.1, 0.15) is 12.2 Å². The molecule has 1 aliphatic rings. The summed E-state index contributed by atoms with van der Waals surface area (Å²) < 4.78 is 6.04. The van der Waals surface area contributed by atoms with Gasteiger partial charge in [-0.05, 0) is 36.2 Å². The molecular weight excluding hydrogens is 346 g/mol. The summed E-state index contributed by atoms with van der Waals surface area (Å²) in [5.41, 5.74) is 4.68. The van der Waals surface area contributed by atoms with E-state index in [4.69, 9.17) is 16.3 Å². The predicted octanol–water partition coefficient (Wildman–Crippen LogP) is 4.65. The van der Waals surface area contributed by atoms with Gasteiger partial charge < -0.3 is 9.64 Å². The Morgan fingerprint density at radius 2 is 2.12 bits per heavy atom. The lowest BCUT2D eigenvalue weighted by Gasteiger charge is -2.36. The topological polar surface area (TPSA) is 49.2 Å². The van der Waals surface area contributed by atoms with Gasteiger partial charge in [-0.3, -0.25) is 4.98 Å². The van der Waals surface area contributed by atoms with Gasteiger partial charge in [0.05, 0.1) is 23.4 Å². The van der Waals surface area contributed by atoms with Crippen LogP contribution < -0.4 is 4.90 Å². The van der Waals surface area contributed by atoms with Crippen molar-refractivity contribution < 1.29 is 4.74 Å². The molecule has 3 aromatic rings. The number of nitrogens with zero attached hydrogens (tertiary/aromatic N) is 3. The van der Waals surface area contributed by atoms with Crippen molar-refractivity contribution in [2.75, 3.05) is 24.6 Å². The Labute approximate surface area is 157 Å². The monoisotopic (exact) mass is 363 g/mol. The third-order valence-electron chi connectivity index (χ3n) is 4.84. The molecule has 0 radical (unpaired) electrons. The van der Waals surface area contributed by atoms with E-state index < -0.39 is 0 Å². The smallest absolute Gasteiger partial charge is 0.103 e. The van der Waals surface area contributed by atoms with E-state index >= 15 is 0 Å². The minimum Gasteiger partial charge on any atom is -0.370 e. The Kier molecular flexibility index (Phi) is 4.50. The SMILES string of the molecule is Cc1ccccc1C1CN(c2c(C#N)cnc3ccc(Cl)cc23)CCO1. The number of fused-ring (bicyclic) bond motifs is 1. The van der Waals surface area contributed by atoms with Crippen molar-refractivity contribution >= 4 is 28.2 Å². The van der Waals surface area contributed by atoms with Crippen LogP contribution in [-0.4, -0.2) is 24.7 Å². The molecule has 0 spiro atoms. The molecule has 1 unspecified atom stereocenters. The molecule has 1 aliphatic heterocycles. The van der Waals surface area contributed by atoms with Gasteiger partial charge in [-0.15, -0.1) is 0 Å². The Hall–Kier alpha value is -2.61. The molecule has 4 rings (SSSR count). The molecule has 2 aromatic carbocycles. The first-order valence-corrected chi connectivity index (χ1v) is 8.95. The predicted molar refractivity (Wildman–Crippen MR) is 104 cm³/mol. The van der Waals surface area contributed by atoms with Crippen LogP contribution in [0.3, 0.4) is 0 Å². The first-order valence-electron chi connectivity index (χ1n) is 8.58. The number of benzene rings is 2. The summed E-state index contributed by atoms with van der Waals surface area (Å²) >= 11 is 6.22. The van der Waals surface area contributed by atoms with Gasteiger partial charge in [0, 0.05) is 29.7 Å². The first-order chi connectivity index (χ1) is 12.7. The maximum absolute atomic E-state index is 9.62. The maximum atomic E-state index is 9.62. The molecule has 1 aromatic heterocycles. The second kappa shape index (κ2) is 6.95. The van der Waals surface area contributed by atoms with E-state index in [0.29, 0.717) is 23.7 Å². The van der Waals surface area contributed by atoms with Crippen LogP contribution in [0.2, 0.25) is 5.02 Å². The van der Waals surface area contributed by atoms with Crippen LogP contribution in [0, 0.1) is 18.3 Å². The Bertz CT molecular complexity index is 1010. The van der Waals surface area contributed by atoms with Crippen molar-refractivity contribution in [3.63, 3.8) is 0 Å². The summed E-state index contributed by atoms with van der Waals surface area (Å²) in [5.74, 6) is 0. The second-order valence-electron chi connectivity index (χ2n) is 6.46. The van der Waals surface area contributed by atoms with Crippen molar-refractivity contribution in [2.45, 2.75) is 13.0 Å². The molecule has 1 saturated heterocycles. The fourth-order valence-electron chi connectivity index (χ4n) is 3.56. The third-order valence-corrected chi connectivity index (χ3v) is 5.08. The van der Waals surface area contributed by atoms with Gasteiger partial charge >= 0.3 is 0 Å². The number of hydrogen-bond donors (Lipinski definition) is 0. The number of nitriles is 1. The van der Waals surface area contributed by atoms with E-state index in [1.807, 2.05) is 30.3 Å². The van der Waals surface area contributed by atoms with Gasteiger partial charge in [0.2, 0.25) is 0 Å². The highest BCUT2D eigenvalue weighted by Gasteiger charge is 2.26. The zero-order valence-corrected chi connectivity index (χ0v) is 15.2. The zero-order chi connectivity index (χ0) is 18.1. The summed E-state index contributed by atoms with van der Waals surface area (Å²) in [6.45, 7) is 4.11. The molecule has 0 saturated carbocycles. The lowest BCUT2D eigenvalue weighted by molar-refractivity contribution is 0.0395. The van der Waals surface area contributed by atoms with E-state index in [9.17, 15) is 5.26 Å². The average molecular weight is 364 g/mol. The molecule has 1 atom stereocenters. The van der Waals surface area contributed by atoms with Crippen molar-refractivity contribution in [1.82, 2.24) is 4.98 Å². The number of ether oxygens (including phenoxy) is 1. The molecule has 26 heavy (non-hydrogen) atoms. The lowest BCUT2D eigenvalue weighted by atomic mass is 10.0.